The lowest BCUT2D eigenvalue weighted by Gasteiger charge is -2.32. The Labute approximate surface area is 133 Å². The molecule has 1 aliphatic rings. The van der Waals surface area contributed by atoms with Gasteiger partial charge in [-0.2, -0.15) is 0 Å². The highest BCUT2D eigenvalue weighted by Crippen LogP contribution is 2.16. The minimum Gasteiger partial charge on any atom is -0.378 e. The smallest absolute Gasteiger partial charge is 0.253 e. The number of rotatable bonds is 5. The van der Waals surface area contributed by atoms with Gasteiger partial charge in [0.05, 0.1) is 6.10 Å². The number of piperidine rings is 1. The molecule has 0 aromatic heterocycles. The molecule has 21 heavy (non-hydrogen) atoms. The Morgan fingerprint density at radius 1 is 1.29 bits per heavy atom. The van der Waals surface area contributed by atoms with Crippen LogP contribution in [0.25, 0.3) is 0 Å². The van der Waals surface area contributed by atoms with Crippen LogP contribution in [-0.4, -0.2) is 43.2 Å². The van der Waals surface area contributed by atoms with Crippen LogP contribution in [0.5, 0.6) is 0 Å². The third kappa shape index (κ3) is 5.30. The lowest BCUT2D eigenvalue weighted by atomic mass is 10.1. The molecule has 0 bridgehead atoms. The summed E-state index contributed by atoms with van der Waals surface area (Å²) in [4.78, 5) is 14.3. The molecule has 2 rings (SSSR count). The zero-order chi connectivity index (χ0) is 14.4. The quantitative estimate of drug-likeness (QED) is 0.849. The van der Waals surface area contributed by atoms with Gasteiger partial charge in [0.15, 0.2) is 0 Å². The maximum absolute atomic E-state index is 12.3. The Bertz CT molecular complexity index is 428. The van der Waals surface area contributed by atoms with Gasteiger partial charge in [0.1, 0.15) is 0 Å². The van der Waals surface area contributed by atoms with E-state index in [9.17, 15) is 4.79 Å². The maximum atomic E-state index is 12.3. The molecule has 1 heterocycles. The number of carbonyl (C=O) groups is 1. The number of amides is 1. The van der Waals surface area contributed by atoms with E-state index in [1.165, 1.54) is 5.56 Å². The average molecular weight is 313 g/mol. The number of hydrogen-bond donors (Lipinski definition) is 1. The average Bonchev–Trinajstić information content (AvgIpc) is 2.48. The summed E-state index contributed by atoms with van der Waals surface area (Å²) in [5.74, 6) is 0.130. The predicted octanol–water partition coefficient (Wildman–Crippen LogP) is 2.39. The van der Waals surface area contributed by atoms with E-state index in [0.717, 1.165) is 44.5 Å². The summed E-state index contributed by atoms with van der Waals surface area (Å²) in [6.45, 7) is 4.98. The van der Waals surface area contributed by atoms with E-state index >= 15 is 0 Å². The molecular formula is C16H25ClN2O2. The fourth-order valence-electron chi connectivity index (χ4n) is 2.44. The molecule has 1 aromatic rings. The van der Waals surface area contributed by atoms with Crippen LogP contribution in [0.15, 0.2) is 24.3 Å². The Morgan fingerprint density at radius 2 is 1.90 bits per heavy atom. The van der Waals surface area contributed by atoms with E-state index in [1.54, 1.807) is 0 Å². The van der Waals surface area contributed by atoms with E-state index in [4.69, 9.17) is 10.5 Å². The molecular weight excluding hydrogens is 288 g/mol. The van der Waals surface area contributed by atoms with Gasteiger partial charge < -0.3 is 15.4 Å². The van der Waals surface area contributed by atoms with Gasteiger partial charge in [-0.15, -0.1) is 12.4 Å². The normalized spacial score (nSPS) is 15.6. The summed E-state index contributed by atoms with van der Waals surface area (Å²) in [5, 5.41) is 0. The highest BCUT2D eigenvalue weighted by molar-refractivity contribution is 5.94. The van der Waals surface area contributed by atoms with Gasteiger partial charge in [-0.1, -0.05) is 17.7 Å². The molecule has 2 N–H and O–H groups in total. The lowest BCUT2D eigenvalue weighted by Crippen LogP contribution is -2.41. The minimum absolute atomic E-state index is 0. The summed E-state index contributed by atoms with van der Waals surface area (Å²) >= 11 is 0. The van der Waals surface area contributed by atoms with Gasteiger partial charge in [0.25, 0.3) is 5.91 Å². The number of aryl methyl sites for hydroxylation is 1. The van der Waals surface area contributed by atoms with Crippen LogP contribution in [0.4, 0.5) is 0 Å². The molecule has 4 nitrogen and oxygen atoms in total. The van der Waals surface area contributed by atoms with E-state index in [2.05, 4.69) is 0 Å². The molecule has 1 aliphatic heterocycles. The summed E-state index contributed by atoms with van der Waals surface area (Å²) in [6, 6.07) is 7.77. The summed E-state index contributed by atoms with van der Waals surface area (Å²) in [7, 11) is 0. The first kappa shape index (κ1) is 18.0. The molecule has 0 aliphatic carbocycles. The highest BCUT2D eigenvalue weighted by Gasteiger charge is 2.23. The van der Waals surface area contributed by atoms with Gasteiger partial charge in [-0.25, -0.2) is 0 Å². The van der Waals surface area contributed by atoms with Crippen LogP contribution in [0, 0.1) is 6.92 Å². The third-order valence-electron chi connectivity index (χ3n) is 3.73. The SMILES string of the molecule is Cc1ccc(C(=O)N2CCC(OCCCN)CC2)cc1.Cl. The molecule has 5 heteroatoms. The van der Waals surface area contributed by atoms with E-state index < -0.39 is 0 Å². The van der Waals surface area contributed by atoms with Crippen LogP contribution in [0.1, 0.15) is 35.2 Å². The zero-order valence-corrected chi connectivity index (χ0v) is 13.4. The lowest BCUT2D eigenvalue weighted by molar-refractivity contribution is 0.00845. The van der Waals surface area contributed by atoms with Gasteiger partial charge in [-0.05, 0) is 44.9 Å². The van der Waals surface area contributed by atoms with Gasteiger partial charge in [-0.3, -0.25) is 4.79 Å². The molecule has 0 spiro atoms. The van der Waals surface area contributed by atoms with Crippen molar-refractivity contribution >= 4 is 18.3 Å². The van der Waals surface area contributed by atoms with Crippen LogP contribution >= 0.6 is 12.4 Å². The number of benzene rings is 1. The van der Waals surface area contributed by atoms with Crippen molar-refractivity contribution < 1.29 is 9.53 Å². The van der Waals surface area contributed by atoms with Gasteiger partial charge >= 0.3 is 0 Å². The third-order valence-corrected chi connectivity index (χ3v) is 3.73. The van der Waals surface area contributed by atoms with Crippen LogP contribution in [-0.2, 0) is 4.74 Å². The number of carbonyl (C=O) groups excluding carboxylic acids is 1. The van der Waals surface area contributed by atoms with Crippen molar-refractivity contribution in [1.29, 1.82) is 0 Å². The molecule has 1 saturated heterocycles. The second-order valence-electron chi connectivity index (χ2n) is 5.37. The highest BCUT2D eigenvalue weighted by atomic mass is 35.5. The monoisotopic (exact) mass is 312 g/mol. The second-order valence-corrected chi connectivity index (χ2v) is 5.37. The fourth-order valence-corrected chi connectivity index (χ4v) is 2.44. The topological polar surface area (TPSA) is 55.6 Å². The molecule has 0 saturated carbocycles. The summed E-state index contributed by atoms with van der Waals surface area (Å²) < 4.78 is 5.75. The predicted molar refractivity (Wildman–Crippen MR) is 87.0 cm³/mol. The first-order valence-corrected chi connectivity index (χ1v) is 7.38. The summed E-state index contributed by atoms with van der Waals surface area (Å²) in [5.41, 5.74) is 7.40. The number of nitrogens with two attached hydrogens (primary N) is 1. The van der Waals surface area contributed by atoms with Crippen molar-refractivity contribution in [3.05, 3.63) is 35.4 Å². The Hall–Kier alpha value is -1.10. The van der Waals surface area contributed by atoms with Crippen molar-refractivity contribution in [1.82, 2.24) is 4.90 Å². The largest absolute Gasteiger partial charge is 0.378 e. The second kappa shape index (κ2) is 9.03. The Morgan fingerprint density at radius 3 is 2.48 bits per heavy atom. The number of ether oxygens (including phenoxy) is 1. The van der Waals surface area contributed by atoms with E-state index in [1.807, 2.05) is 36.1 Å². The van der Waals surface area contributed by atoms with Crippen LogP contribution < -0.4 is 5.73 Å². The first-order chi connectivity index (χ1) is 9.70. The Balaban J connectivity index is 0.00000220. The number of likely N-dealkylation sites (tertiary alicyclic amines) is 1. The van der Waals surface area contributed by atoms with Gasteiger partial charge in [0, 0.05) is 25.3 Å². The standard InChI is InChI=1S/C16H24N2O2.ClH/c1-13-3-5-14(6-4-13)16(19)18-10-7-15(8-11-18)20-12-2-9-17;/h3-6,15H,2,7-12,17H2,1H3;1H. The number of nitrogens with zero attached hydrogens (tertiary/aromatic N) is 1. The van der Waals surface area contributed by atoms with Crippen molar-refractivity contribution in [2.45, 2.75) is 32.3 Å². The molecule has 1 fully saturated rings. The van der Waals surface area contributed by atoms with Crippen molar-refractivity contribution in [3.63, 3.8) is 0 Å². The molecule has 0 atom stereocenters. The Kier molecular flexibility index (Phi) is 7.72. The molecule has 0 unspecified atom stereocenters. The first-order valence-electron chi connectivity index (χ1n) is 7.38. The maximum Gasteiger partial charge on any atom is 0.253 e. The number of hydrogen-bond acceptors (Lipinski definition) is 3. The van der Waals surface area contributed by atoms with E-state index in [0.29, 0.717) is 6.54 Å². The van der Waals surface area contributed by atoms with Crippen LogP contribution in [0.3, 0.4) is 0 Å². The van der Waals surface area contributed by atoms with Crippen molar-refractivity contribution in [3.8, 4) is 0 Å². The molecule has 1 aromatic carbocycles. The molecule has 0 radical (unpaired) electrons. The van der Waals surface area contributed by atoms with Crippen molar-refractivity contribution in [2.75, 3.05) is 26.2 Å². The van der Waals surface area contributed by atoms with Crippen LogP contribution in [0.2, 0.25) is 0 Å². The number of halogens is 1. The summed E-state index contributed by atoms with van der Waals surface area (Å²) in [6.07, 6.45) is 3.02. The van der Waals surface area contributed by atoms with Gasteiger partial charge in [0.2, 0.25) is 0 Å². The fraction of sp³-hybridized carbons (Fsp3) is 0.562. The van der Waals surface area contributed by atoms with E-state index in [-0.39, 0.29) is 24.4 Å². The minimum atomic E-state index is 0. The molecule has 1 amide bonds. The van der Waals surface area contributed by atoms with Crippen molar-refractivity contribution in [2.24, 2.45) is 5.73 Å². The zero-order valence-electron chi connectivity index (χ0n) is 12.6. The molecule has 118 valence electrons.